The van der Waals surface area contributed by atoms with Crippen LogP contribution in [0.2, 0.25) is 0 Å². The molecule has 28 heavy (non-hydrogen) atoms. The van der Waals surface area contributed by atoms with E-state index in [-0.39, 0.29) is 34.4 Å². The van der Waals surface area contributed by atoms with Crippen molar-refractivity contribution in [3.63, 3.8) is 0 Å². The number of benzene rings is 1. The topological polar surface area (TPSA) is 105 Å². The summed E-state index contributed by atoms with van der Waals surface area (Å²) in [4.78, 5) is 19.7. The molecular formula is C20H28N6O2. The van der Waals surface area contributed by atoms with E-state index in [1.54, 1.807) is 0 Å². The summed E-state index contributed by atoms with van der Waals surface area (Å²) in [5.74, 6) is 0.423. The summed E-state index contributed by atoms with van der Waals surface area (Å²) < 4.78 is 0. The minimum atomic E-state index is -0.434. The van der Waals surface area contributed by atoms with Gasteiger partial charge < -0.3 is 16.0 Å². The van der Waals surface area contributed by atoms with Crippen LogP contribution in [-0.4, -0.2) is 32.0 Å². The SMILES string of the molecule is Cc1ccc(Nc2ncnc(NC3CC(C)(C)NC(C)(C)C3)c2[N+](=O)[O-])cc1. The minimum Gasteiger partial charge on any atom is -0.361 e. The molecule has 0 unspecified atom stereocenters. The van der Waals surface area contributed by atoms with E-state index in [9.17, 15) is 10.1 Å². The molecule has 1 saturated heterocycles. The van der Waals surface area contributed by atoms with E-state index < -0.39 is 4.92 Å². The van der Waals surface area contributed by atoms with Crippen LogP contribution in [0.25, 0.3) is 0 Å². The van der Waals surface area contributed by atoms with Crippen molar-refractivity contribution in [2.75, 3.05) is 10.6 Å². The maximum Gasteiger partial charge on any atom is 0.353 e. The monoisotopic (exact) mass is 384 g/mol. The lowest BCUT2D eigenvalue weighted by Crippen LogP contribution is -2.60. The van der Waals surface area contributed by atoms with Crippen molar-refractivity contribution in [1.29, 1.82) is 0 Å². The number of nitrogens with one attached hydrogen (secondary N) is 3. The summed E-state index contributed by atoms with van der Waals surface area (Å²) in [6.45, 7) is 10.5. The van der Waals surface area contributed by atoms with Crippen molar-refractivity contribution < 1.29 is 4.92 Å². The Bertz CT molecular complexity index is 847. The van der Waals surface area contributed by atoms with Gasteiger partial charge in [-0.3, -0.25) is 10.1 Å². The summed E-state index contributed by atoms with van der Waals surface area (Å²) in [5, 5.41) is 21.8. The molecule has 1 fully saturated rings. The minimum absolute atomic E-state index is 0.0621. The van der Waals surface area contributed by atoms with Crippen molar-refractivity contribution in [2.45, 2.75) is 64.6 Å². The zero-order valence-corrected chi connectivity index (χ0v) is 17.0. The van der Waals surface area contributed by atoms with Crippen molar-refractivity contribution in [3.8, 4) is 0 Å². The van der Waals surface area contributed by atoms with Gasteiger partial charge in [-0.05, 0) is 59.6 Å². The quantitative estimate of drug-likeness (QED) is 0.525. The molecule has 1 aromatic carbocycles. The van der Waals surface area contributed by atoms with Gasteiger partial charge in [-0.15, -0.1) is 0 Å². The molecule has 2 heterocycles. The highest BCUT2D eigenvalue weighted by atomic mass is 16.6. The van der Waals surface area contributed by atoms with Crippen molar-refractivity contribution in [1.82, 2.24) is 15.3 Å². The highest BCUT2D eigenvalue weighted by Crippen LogP contribution is 2.35. The van der Waals surface area contributed by atoms with Gasteiger partial charge in [-0.2, -0.15) is 0 Å². The number of piperidine rings is 1. The molecule has 3 N–H and O–H groups in total. The van der Waals surface area contributed by atoms with Gasteiger partial charge in [0.15, 0.2) is 0 Å². The van der Waals surface area contributed by atoms with Crippen LogP contribution < -0.4 is 16.0 Å². The second-order valence-electron chi connectivity index (χ2n) is 8.81. The van der Waals surface area contributed by atoms with Crippen molar-refractivity contribution in [2.24, 2.45) is 0 Å². The smallest absolute Gasteiger partial charge is 0.353 e. The van der Waals surface area contributed by atoms with E-state index >= 15 is 0 Å². The number of rotatable bonds is 5. The number of aromatic nitrogens is 2. The average Bonchev–Trinajstić information content (AvgIpc) is 2.54. The first-order valence-electron chi connectivity index (χ1n) is 9.44. The third kappa shape index (κ3) is 4.75. The molecule has 3 rings (SSSR count). The highest BCUT2D eigenvalue weighted by Gasteiger charge is 2.38. The first kappa shape index (κ1) is 20.0. The normalized spacial score (nSPS) is 18.5. The fourth-order valence-corrected chi connectivity index (χ4v) is 4.14. The zero-order valence-electron chi connectivity index (χ0n) is 17.0. The Morgan fingerprint density at radius 3 is 2.21 bits per heavy atom. The second-order valence-corrected chi connectivity index (χ2v) is 8.81. The van der Waals surface area contributed by atoms with Crippen LogP contribution in [0.5, 0.6) is 0 Å². The summed E-state index contributed by atoms with van der Waals surface area (Å²) in [6, 6.07) is 7.67. The lowest BCUT2D eigenvalue weighted by atomic mass is 9.79. The molecule has 1 aliphatic heterocycles. The maximum atomic E-state index is 11.8. The fourth-order valence-electron chi connectivity index (χ4n) is 4.14. The second kappa shape index (κ2) is 7.35. The molecule has 8 heteroatoms. The largest absolute Gasteiger partial charge is 0.361 e. The van der Waals surface area contributed by atoms with Crippen LogP contribution in [0, 0.1) is 17.0 Å². The Hall–Kier alpha value is -2.74. The lowest BCUT2D eigenvalue weighted by molar-refractivity contribution is -0.383. The molecule has 0 amide bonds. The molecule has 8 nitrogen and oxygen atoms in total. The Kier molecular flexibility index (Phi) is 5.25. The standard InChI is InChI=1S/C20H28N6O2/c1-13-6-8-14(9-7-13)23-17-16(26(27)28)18(22-12-21-17)24-15-10-19(2,3)25-20(4,5)11-15/h6-9,12,15,25H,10-11H2,1-5H3,(H2,21,22,23,24). The number of nitro groups is 1. The van der Waals surface area contributed by atoms with Gasteiger partial charge in [0.05, 0.1) is 4.92 Å². The predicted octanol–water partition coefficient (Wildman–Crippen LogP) is 4.16. The lowest BCUT2D eigenvalue weighted by Gasteiger charge is -2.46. The highest BCUT2D eigenvalue weighted by molar-refractivity contribution is 5.73. The molecule has 0 spiro atoms. The average molecular weight is 384 g/mol. The Morgan fingerprint density at radius 2 is 1.64 bits per heavy atom. The Labute approximate surface area is 165 Å². The van der Waals surface area contributed by atoms with E-state index in [0.717, 1.165) is 24.1 Å². The first-order valence-corrected chi connectivity index (χ1v) is 9.44. The summed E-state index contributed by atoms with van der Waals surface area (Å²) in [6.07, 6.45) is 3.01. The van der Waals surface area contributed by atoms with Gasteiger partial charge >= 0.3 is 5.69 Å². The van der Waals surface area contributed by atoms with E-state index in [4.69, 9.17) is 0 Å². The molecule has 0 bridgehead atoms. The Balaban J connectivity index is 1.89. The number of anilines is 3. The summed E-state index contributed by atoms with van der Waals surface area (Å²) >= 11 is 0. The molecule has 2 aromatic rings. The predicted molar refractivity (Wildman–Crippen MR) is 111 cm³/mol. The van der Waals surface area contributed by atoms with Gasteiger partial charge in [-0.1, -0.05) is 17.7 Å². The van der Waals surface area contributed by atoms with Gasteiger partial charge in [-0.25, -0.2) is 9.97 Å². The van der Waals surface area contributed by atoms with Crippen molar-refractivity contribution in [3.05, 3.63) is 46.3 Å². The molecule has 0 radical (unpaired) electrons. The van der Waals surface area contributed by atoms with Crippen LogP contribution in [0.3, 0.4) is 0 Å². The summed E-state index contributed by atoms with van der Waals surface area (Å²) in [7, 11) is 0. The molecular weight excluding hydrogens is 356 g/mol. The number of hydrogen-bond donors (Lipinski definition) is 3. The van der Waals surface area contributed by atoms with E-state index in [0.29, 0.717) is 0 Å². The van der Waals surface area contributed by atoms with Crippen LogP contribution in [0.1, 0.15) is 46.1 Å². The van der Waals surface area contributed by atoms with Crippen LogP contribution >= 0.6 is 0 Å². The van der Waals surface area contributed by atoms with Crippen molar-refractivity contribution >= 4 is 23.0 Å². The van der Waals surface area contributed by atoms with E-state index in [2.05, 4.69) is 53.6 Å². The van der Waals surface area contributed by atoms with Crippen LogP contribution in [-0.2, 0) is 0 Å². The third-order valence-electron chi connectivity index (χ3n) is 4.85. The summed E-state index contributed by atoms with van der Waals surface area (Å²) in [5.41, 5.74) is 1.55. The molecule has 150 valence electrons. The van der Waals surface area contributed by atoms with Gasteiger partial charge in [0.1, 0.15) is 6.33 Å². The molecule has 0 saturated carbocycles. The zero-order chi connectivity index (χ0) is 20.5. The number of hydrogen-bond acceptors (Lipinski definition) is 7. The maximum absolute atomic E-state index is 11.8. The number of aryl methyl sites for hydroxylation is 1. The van der Waals surface area contributed by atoms with E-state index in [1.807, 2.05) is 31.2 Å². The molecule has 1 aliphatic rings. The van der Waals surface area contributed by atoms with Crippen LogP contribution in [0.4, 0.5) is 23.0 Å². The molecule has 0 atom stereocenters. The number of nitrogens with zero attached hydrogens (tertiary/aromatic N) is 3. The Morgan fingerprint density at radius 1 is 1.07 bits per heavy atom. The third-order valence-corrected chi connectivity index (χ3v) is 4.85. The van der Waals surface area contributed by atoms with Crippen LogP contribution in [0.15, 0.2) is 30.6 Å². The molecule has 1 aromatic heterocycles. The fraction of sp³-hybridized carbons (Fsp3) is 0.500. The first-order chi connectivity index (χ1) is 13.0. The van der Waals surface area contributed by atoms with Gasteiger partial charge in [0.25, 0.3) is 0 Å². The van der Waals surface area contributed by atoms with Gasteiger partial charge in [0, 0.05) is 22.8 Å². The van der Waals surface area contributed by atoms with E-state index in [1.165, 1.54) is 6.33 Å². The van der Waals surface area contributed by atoms with Gasteiger partial charge in [0.2, 0.25) is 11.6 Å². The molecule has 0 aliphatic carbocycles.